The Morgan fingerprint density at radius 1 is 1.10 bits per heavy atom. The maximum atomic E-state index is 12.1. The fourth-order valence-electron chi connectivity index (χ4n) is 1.47. The molecule has 0 saturated heterocycles. The minimum atomic E-state index is -4.06. The van der Waals surface area contributed by atoms with Crippen LogP contribution in [0.2, 0.25) is 0 Å². The molecule has 20 heavy (non-hydrogen) atoms. The Bertz CT molecular complexity index is 760. The Labute approximate surface area is 123 Å². The van der Waals surface area contributed by atoms with Gasteiger partial charge in [-0.25, -0.2) is 0 Å². The summed E-state index contributed by atoms with van der Waals surface area (Å²) in [6.07, 6.45) is 0. The summed E-state index contributed by atoms with van der Waals surface area (Å²) in [7, 11) is -4.06. The molecule has 0 saturated carbocycles. The lowest BCUT2D eigenvalue weighted by atomic mass is 10.3. The first-order chi connectivity index (χ1) is 9.40. The van der Waals surface area contributed by atoms with Crippen LogP contribution in [0.25, 0.3) is 0 Å². The van der Waals surface area contributed by atoms with E-state index in [1.54, 1.807) is 18.2 Å². The van der Waals surface area contributed by atoms with Crippen molar-refractivity contribution in [3.63, 3.8) is 0 Å². The number of halogens is 1. The van der Waals surface area contributed by atoms with Crippen LogP contribution < -0.4 is 4.18 Å². The van der Waals surface area contributed by atoms with Gasteiger partial charge in [-0.15, -0.1) is 0 Å². The minimum Gasteiger partial charge on any atom is -0.379 e. The highest BCUT2D eigenvalue weighted by Gasteiger charge is 2.20. The SMILES string of the molecule is O=[N+]([O-])c1cccc(OS(=O)(=O)c2ccccc2Br)c1. The van der Waals surface area contributed by atoms with Gasteiger partial charge in [0, 0.05) is 10.5 Å². The van der Waals surface area contributed by atoms with E-state index in [4.69, 9.17) is 4.18 Å². The third-order valence-electron chi connectivity index (χ3n) is 2.34. The first-order valence-corrected chi connectivity index (χ1v) is 7.54. The molecule has 0 amide bonds. The highest BCUT2D eigenvalue weighted by molar-refractivity contribution is 9.10. The van der Waals surface area contributed by atoms with E-state index in [1.165, 1.54) is 24.3 Å². The second kappa shape index (κ2) is 5.59. The molecule has 0 aliphatic rings. The van der Waals surface area contributed by atoms with Crippen molar-refractivity contribution >= 4 is 31.7 Å². The Balaban J connectivity index is 2.36. The van der Waals surface area contributed by atoms with Gasteiger partial charge in [0.2, 0.25) is 0 Å². The van der Waals surface area contributed by atoms with Crippen LogP contribution >= 0.6 is 15.9 Å². The molecule has 0 aliphatic heterocycles. The van der Waals surface area contributed by atoms with Crippen LogP contribution in [0.4, 0.5) is 5.69 Å². The van der Waals surface area contributed by atoms with E-state index in [-0.39, 0.29) is 16.3 Å². The van der Waals surface area contributed by atoms with Crippen LogP contribution in [0, 0.1) is 10.1 Å². The van der Waals surface area contributed by atoms with Crippen molar-refractivity contribution in [3.05, 3.63) is 63.1 Å². The second-order valence-corrected chi connectivity index (χ2v) is 6.09. The molecule has 8 heteroatoms. The van der Waals surface area contributed by atoms with Crippen molar-refractivity contribution in [2.75, 3.05) is 0 Å². The third kappa shape index (κ3) is 3.14. The highest BCUT2D eigenvalue weighted by atomic mass is 79.9. The van der Waals surface area contributed by atoms with Gasteiger partial charge in [0.05, 0.1) is 11.0 Å². The van der Waals surface area contributed by atoms with E-state index in [1.807, 2.05) is 0 Å². The lowest BCUT2D eigenvalue weighted by molar-refractivity contribution is -0.384. The number of hydrogen-bond donors (Lipinski definition) is 0. The van der Waals surface area contributed by atoms with Crippen molar-refractivity contribution in [1.29, 1.82) is 0 Å². The molecule has 2 rings (SSSR count). The Hall–Kier alpha value is -1.93. The molecule has 0 bridgehead atoms. The first kappa shape index (κ1) is 14.5. The monoisotopic (exact) mass is 357 g/mol. The molecule has 0 heterocycles. The molecule has 0 atom stereocenters. The number of nitrogens with zero attached hydrogens (tertiary/aromatic N) is 1. The summed E-state index contributed by atoms with van der Waals surface area (Å²) in [5.74, 6) is -0.116. The Kier molecular flexibility index (Phi) is 4.05. The average Bonchev–Trinajstić information content (AvgIpc) is 2.38. The highest BCUT2D eigenvalue weighted by Crippen LogP contribution is 2.26. The van der Waals surface area contributed by atoms with Crippen LogP contribution in [0.5, 0.6) is 5.75 Å². The van der Waals surface area contributed by atoms with Crippen molar-refractivity contribution in [2.45, 2.75) is 4.90 Å². The van der Waals surface area contributed by atoms with Crippen molar-refractivity contribution < 1.29 is 17.5 Å². The number of nitro benzene ring substituents is 1. The predicted molar refractivity (Wildman–Crippen MR) is 75.1 cm³/mol. The van der Waals surface area contributed by atoms with Gasteiger partial charge in [-0.05, 0) is 34.1 Å². The second-order valence-electron chi connectivity index (χ2n) is 3.72. The van der Waals surface area contributed by atoms with Crippen molar-refractivity contribution in [2.24, 2.45) is 0 Å². The normalized spacial score (nSPS) is 11.1. The number of non-ortho nitro benzene ring substituents is 1. The number of benzene rings is 2. The van der Waals surface area contributed by atoms with Crippen LogP contribution in [0.15, 0.2) is 57.9 Å². The van der Waals surface area contributed by atoms with Gasteiger partial charge in [-0.3, -0.25) is 10.1 Å². The van der Waals surface area contributed by atoms with Gasteiger partial charge in [0.1, 0.15) is 10.6 Å². The molecule has 6 nitrogen and oxygen atoms in total. The van der Waals surface area contributed by atoms with E-state index in [0.29, 0.717) is 4.47 Å². The largest absolute Gasteiger partial charge is 0.379 e. The lowest BCUT2D eigenvalue weighted by Gasteiger charge is -2.08. The van der Waals surface area contributed by atoms with Crippen LogP contribution in [0.1, 0.15) is 0 Å². The smallest absolute Gasteiger partial charge is 0.340 e. The van der Waals surface area contributed by atoms with Crippen molar-refractivity contribution in [3.8, 4) is 5.75 Å². The zero-order valence-electron chi connectivity index (χ0n) is 9.89. The summed E-state index contributed by atoms with van der Waals surface area (Å²) >= 11 is 3.12. The summed E-state index contributed by atoms with van der Waals surface area (Å²) in [5, 5.41) is 10.6. The summed E-state index contributed by atoms with van der Waals surface area (Å²) < 4.78 is 29.4. The molecule has 0 aromatic heterocycles. The van der Waals surface area contributed by atoms with Gasteiger partial charge >= 0.3 is 10.1 Å². The van der Waals surface area contributed by atoms with E-state index in [2.05, 4.69) is 15.9 Å². The molecule has 0 aliphatic carbocycles. The Morgan fingerprint density at radius 3 is 2.45 bits per heavy atom. The Morgan fingerprint density at radius 2 is 1.80 bits per heavy atom. The number of nitro groups is 1. The van der Waals surface area contributed by atoms with Gasteiger partial charge < -0.3 is 4.18 Å². The molecule has 2 aromatic rings. The van der Waals surface area contributed by atoms with Crippen LogP contribution in [0.3, 0.4) is 0 Å². The fraction of sp³-hybridized carbons (Fsp3) is 0. The lowest BCUT2D eigenvalue weighted by Crippen LogP contribution is -2.10. The zero-order valence-corrected chi connectivity index (χ0v) is 12.3. The molecule has 0 N–H and O–H groups in total. The molecule has 0 spiro atoms. The fourth-order valence-corrected chi connectivity index (χ4v) is 3.35. The van der Waals surface area contributed by atoms with Gasteiger partial charge in [-0.2, -0.15) is 8.42 Å². The standard InChI is InChI=1S/C12H8BrNO5S/c13-11-6-1-2-7-12(11)20(17,18)19-10-5-3-4-9(8-10)14(15)16/h1-8H. The average molecular weight is 358 g/mol. The zero-order chi connectivity index (χ0) is 14.8. The molecule has 0 unspecified atom stereocenters. The predicted octanol–water partition coefficient (Wildman–Crippen LogP) is 3.13. The van der Waals surface area contributed by atoms with E-state index >= 15 is 0 Å². The minimum absolute atomic E-state index is 0.0495. The van der Waals surface area contributed by atoms with E-state index < -0.39 is 15.0 Å². The summed E-state index contributed by atoms with van der Waals surface area (Å²) in [6.45, 7) is 0. The molecule has 2 aromatic carbocycles. The number of rotatable bonds is 4. The molecule has 104 valence electrons. The molecular weight excluding hydrogens is 350 g/mol. The van der Waals surface area contributed by atoms with Crippen molar-refractivity contribution in [1.82, 2.24) is 0 Å². The van der Waals surface area contributed by atoms with Crippen LogP contribution in [-0.2, 0) is 10.1 Å². The van der Waals surface area contributed by atoms with E-state index in [0.717, 1.165) is 6.07 Å². The summed E-state index contributed by atoms with van der Waals surface area (Å²) in [6, 6.07) is 11.1. The maximum absolute atomic E-state index is 12.1. The quantitative estimate of drug-likeness (QED) is 0.476. The van der Waals surface area contributed by atoms with E-state index in [9.17, 15) is 18.5 Å². The third-order valence-corrected chi connectivity index (χ3v) is 4.60. The topological polar surface area (TPSA) is 86.5 Å². The molecule has 0 fully saturated rings. The summed E-state index contributed by atoms with van der Waals surface area (Å²) in [4.78, 5) is 9.96. The number of hydrogen-bond acceptors (Lipinski definition) is 5. The van der Waals surface area contributed by atoms with Crippen LogP contribution in [-0.4, -0.2) is 13.3 Å². The molecular formula is C12H8BrNO5S. The molecule has 0 radical (unpaired) electrons. The van der Waals surface area contributed by atoms with Gasteiger partial charge in [-0.1, -0.05) is 18.2 Å². The first-order valence-electron chi connectivity index (χ1n) is 5.33. The van der Waals surface area contributed by atoms with Gasteiger partial charge in [0.25, 0.3) is 5.69 Å². The van der Waals surface area contributed by atoms with Gasteiger partial charge in [0.15, 0.2) is 0 Å². The summed E-state index contributed by atoms with van der Waals surface area (Å²) in [5.41, 5.74) is -0.246. The maximum Gasteiger partial charge on any atom is 0.340 e.